The van der Waals surface area contributed by atoms with Crippen LogP contribution in [0.5, 0.6) is 0 Å². The van der Waals surface area contributed by atoms with E-state index in [1.54, 1.807) is 60.7 Å². The second-order valence-corrected chi connectivity index (χ2v) is 7.85. The van der Waals surface area contributed by atoms with E-state index in [4.69, 9.17) is 5.73 Å². The van der Waals surface area contributed by atoms with E-state index in [1.165, 1.54) is 12.1 Å². The maximum atomic E-state index is 13.3. The van der Waals surface area contributed by atoms with Gasteiger partial charge in [0, 0.05) is 17.7 Å². The van der Waals surface area contributed by atoms with Gasteiger partial charge >= 0.3 is 0 Å². The normalized spacial score (nSPS) is 13.5. The minimum atomic E-state index is -0.334. The van der Waals surface area contributed by atoms with Gasteiger partial charge in [-0.15, -0.1) is 0 Å². The van der Waals surface area contributed by atoms with Crippen LogP contribution in [0.2, 0.25) is 0 Å². The van der Waals surface area contributed by atoms with Crippen LogP contribution in [0.15, 0.2) is 78.9 Å². The SMILES string of the molecule is Nc1ccccc1NC(=O)c1ccc(CNC(=O)/C(=C/C2CC2)c2ccc(F)cc2)cc1. The molecule has 1 aliphatic carbocycles. The molecule has 0 aliphatic heterocycles. The highest BCUT2D eigenvalue weighted by Crippen LogP contribution is 2.33. The summed E-state index contributed by atoms with van der Waals surface area (Å²) >= 11 is 0. The largest absolute Gasteiger partial charge is 0.397 e. The number of nitrogen functional groups attached to an aromatic ring is 1. The minimum absolute atomic E-state index is 0.204. The lowest BCUT2D eigenvalue weighted by atomic mass is 10.0. The first-order chi connectivity index (χ1) is 15.5. The fourth-order valence-corrected chi connectivity index (χ4v) is 3.29. The third-order valence-corrected chi connectivity index (χ3v) is 5.30. The topological polar surface area (TPSA) is 84.2 Å². The molecule has 5 nitrogen and oxygen atoms in total. The monoisotopic (exact) mass is 429 g/mol. The van der Waals surface area contributed by atoms with Crippen molar-refractivity contribution in [2.24, 2.45) is 5.92 Å². The van der Waals surface area contributed by atoms with Gasteiger partial charge in [0.25, 0.3) is 11.8 Å². The van der Waals surface area contributed by atoms with Crippen molar-refractivity contribution >= 4 is 28.8 Å². The molecule has 0 spiro atoms. The number of allylic oxidation sites excluding steroid dienone is 1. The second-order valence-electron chi connectivity index (χ2n) is 7.85. The maximum Gasteiger partial charge on any atom is 0.255 e. The molecule has 0 radical (unpaired) electrons. The lowest BCUT2D eigenvalue weighted by molar-refractivity contribution is -0.115. The minimum Gasteiger partial charge on any atom is -0.397 e. The molecule has 32 heavy (non-hydrogen) atoms. The fraction of sp³-hybridized carbons (Fsp3) is 0.154. The Morgan fingerprint density at radius 3 is 2.25 bits per heavy atom. The van der Waals surface area contributed by atoms with Crippen LogP contribution in [0.3, 0.4) is 0 Å². The first-order valence-corrected chi connectivity index (χ1v) is 10.5. The van der Waals surface area contributed by atoms with Crippen molar-refractivity contribution in [3.05, 3.63) is 101 Å². The summed E-state index contributed by atoms with van der Waals surface area (Å²) < 4.78 is 13.3. The number of carbonyl (C=O) groups excluding carboxylic acids is 2. The smallest absolute Gasteiger partial charge is 0.255 e. The van der Waals surface area contributed by atoms with Crippen molar-refractivity contribution in [1.29, 1.82) is 0 Å². The van der Waals surface area contributed by atoms with Gasteiger partial charge in [-0.05, 0) is 66.3 Å². The summed E-state index contributed by atoms with van der Waals surface area (Å²) in [5.41, 5.74) is 9.53. The van der Waals surface area contributed by atoms with Gasteiger partial charge in [-0.1, -0.05) is 42.5 Å². The lowest BCUT2D eigenvalue weighted by Gasteiger charge is -2.11. The van der Waals surface area contributed by atoms with Gasteiger partial charge in [-0.3, -0.25) is 9.59 Å². The van der Waals surface area contributed by atoms with E-state index in [1.807, 2.05) is 6.08 Å². The Balaban J connectivity index is 1.38. The first-order valence-electron chi connectivity index (χ1n) is 10.5. The summed E-state index contributed by atoms with van der Waals surface area (Å²) in [7, 11) is 0. The average Bonchev–Trinajstić information content (AvgIpc) is 3.63. The van der Waals surface area contributed by atoms with Crippen LogP contribution in [0, 0.1) is 11.7 Å². The highest BCUT2D eigenvalue weighted by molar-refractivity contribution is 6.19. The molecule has 4 N–H and O–H groups in total. The van der Waals surface area contributed by atoms with Crippen molar-refractivity contribution in [2.75, 3.05) is 11.1 Å². The third kappa shape index (κ3) is 5.40. The zero-order valence-corrected chi connectivity index (χ0v) is 17.5. The lowest BCUT2D eigenvalue weighted by Crippen LogP contribution is -2.24. The molecule has 1 fully saturated rings. The van der Waals surface area contributed by atoms with Crippen LogP contribution < -0.4 is 16.4 Å². The Hall–Kier alpha value is -3.93. The number of anilines is 2. The molecule has 0 atom stereocenters. The number of halogens is 1. The van der Waals surface area contributed by atoms with E-state index in [0.29, 0.717) is 40.5 Å². The van der Waals surface area contributed by atoms with Gasteiger partial charge in [0.2, 0.25) is 0 Å². The van der Waals surface area contributed by atoms with Crippen molar-refractivity contribution < 1.29 is 14.0 Å². The van der Waals surface area contributed by atoms with E-state index >= 15 is 0 Å². The Morgan fingerprint density at radius 1 is 0.938 bits per heavy atom. The predicted octanol–water partition coefficient (Wildman–Crippen LogP) is 4.77. The number of nitrogens with two attached hydrogens (primary N) is 1. The van der Waals surface area contributed by atoms with Crippen LogP contribution in [-0.2, 0) is 11.3 Å². The van der Waals surface area contributed by atoms with Gasteiger partial charge in [0.05, 0.1) is 11.4 Å². The van der Waals surface area contributed by atoms with Crippen LogP contribution in [0.1, 0.15) is 34.3 Å². The predicted molar refractivity (Wildman–Crippen MR) is 124 cm³/mol. The summed E-state index contributed by atoms with van der Waals surface area (Å²) in [6.45, 7) is 0.315. The summed E-state index contributed by atoms with van der Waals surface area (Å²) in [6, 6.07) is 20.0. The molecule has 0 bridgehead atoms. The molecular weight excluding hydrogens is 405 g/mol. The molecule has 6 heteroatoms. The van der Waals surface area contributed by atoms with Crippen molar-refractivity contribution in [3.63, 3.8) is 0 Å². The Kier molecular flexibility index (Phi) is 6.31. The molecule has 3 aromatic carbocycles. The quantitative estimate of drug-likeness (QED) is 0.374. The summed E-state index contributed by atoms with van der Waals surface area (Å²) in [5.74, 6) is -0.398. The zero-order valence-electron chi connectivity index (χ0n) is 17.5. The molecule has 0 aromatic heterocycles. The average molecular weight is 429 g/mol. The number of carbonyl (C=O) groups is 2. The Bertz CT molecular complexity index is 1150. The summed E-state index contributed by atoms with van der Waals surface area (Å²) in [6.07, 6.45) is 4.09. The molecule has 1 aliphatic rings. The number of hydrogen-bond acceptors (Lipinski definition) is 3. The molecule has 0 unspecified atom stereocenters. The van der Waals surface area contributed by atoms with Crippen LogP contribution in [0.4, 0.5) is 15.8 Å². The number of benzene rings is 3. The van der Waals surface area contributed by atoms with Gasteiger partial charge < -0.3 is 16.4 Å². The maximum absolute atomic E-state index is 13.3. The number of rotatable bonds is 7. The Morgan fingerprint density at radius 2 is 1.59 bits per heavy atom. The molecular formula is C26H24FN3O2. The number of amides is 2. The molecule has 0 saturated heterocycles. The second kappa shape index (κ2) is 9.47. The van der Waals surface area contributed by atoms with Crippen LogP contribution in [0.25, 0.3) is 5.57 Å². The molecule has 162 valence electrons. The number of para-hydroxylation sites is 2. The zero-order chi connectivity index (χ0) is 22.5. The summed E-state index contributed by atoms with van der Waals surface area (Å²) in [5, 5.41) is 5.71. The molecule has 1 saturated carbocycles. The fourth-order valence-electron chi connectivity index (χ4n) is 3.29. The molecule has 2 amide bonds. The van der Waals surface area contributed by atoms with E-state index < -0.39 is 0 Å². The van der Waals surface area contributed by atoms with Crippen molar-refractivity contribution in [3.8, 4) is 0 Å². The van der Waals surface area contributed by atoms with Crippen LogP contribution >= 0.6 is 0 Å². The van der Waals surface area contributed by atoms with Gasteiger partial charge in [-0.25, -0.2) is 4.39 Å². The van der Waals surface area contributed by atoms with E-state index in [0.717, 1.165) is 18.4 Å². The number of hydrogen-bond donors (Lipinski definition) is 3. The number of nitrogens with one attached hydrogen (secondary N) is 2. The van der Waals surface area contributed by atoms with E-state index in [-0.39, 0.29) is 17.6 Å². The van der Waals surface area contributed by atoms with Crippen LogP contribution in [-0.4, -0.2) is 11.8 Å². The summed E-state index contributed by atoms with van der Waals surface area (Å²) in [4.78, 5) is 25.3. The molecule has 0 heterocycles. The molecule has 3 aromatic rings. The van der Waals surface area contributed by atoms with Crippen molar-refractivity contribution in [2.45, 2.75) is 19.4 Å². The van der Waals surface area contributed by atoms with Crippen molar-refractivity contribution in [1.82, 2.24) is 5.32 Å². The third-order valence-electron chi connectivity index (χ3n) is 5.30. The van der Waals surface area contributed by atoms with Gasteiger partial charge in [0.15, 0.2) is 0 Å². The highest BCUT2D eigenvalue weighted by Gasteiger charge is 2.22. The standard InChI is InChI=1S/C26H24FN3O2/c27-21-13-11-19(12-14-21)22(15-17-5-6-17)26(32)29-16-18-7-9-20(10-8-18)25(31)30-24-4-2-1-3-23(24)28/h1-4,7-15,17H,5-6,16,28H2,(H,29,32)(H,30,31)/b22-15+. The molecule has 4 rings (SSSR count). The first kappa shape index (κ1) is 21.3. The van der Waals surface area contributed by atoms with E-state index in [9.17, 15) is 14.0 Å². The van der Waals surface area contributed by atoms with E-state index in [2.05, 4.69) is 10.6 Å². The van der Waals surface area contributed by atoms with Gasteiger partial charge in [0.1, 0.15) is 5.82 Å². The van der Waals surface area contributed by atoms with Gasteiger partial charge in [-0.2, -0.15) is 0 Å². The highest BCUT2D eigenvalue weighted by atomic mass is 19.1. The Labute approximate surface area is 186 Å².